The van der Waals surface area contributed by atoms with Crippen LogP contribution in [0.3, 0.4) is 0 Å². The summed E-state index contributed by atoms with van der Waals surface area (Å²) in [5, 5.41) is 30.4. The molecule has 3 N–H and O–H groups in total. The van der Waals surface area contributed by atoms with Gasteiger partial charge in [0.25, 0.3) is 5.91 Å². The Balaban J connectivity index is 1.41. The first-order valence-corrected chi connectivity index (χ1v) is 11.5. The number of carboxylic acids is 1. The smallest absolute Gasteiger partial charge is 0.335 e. The molecule has 13 heteroatoms. The maximum absolute atomic E-state index is 13.4. The Bertz CT molecular complexity index is 1500. The van der Waals surface area contributed by atoms with Gasteiger partial charge in [-0.1, -0.05) is 11.6 Å². The van der Waals surface area contributed by atoms with E-state index in [9.17, 15) is 14.4 Å². The van der Waals surface area contributed by atoms with Crippen LogP contribution in [0.1, 0.15) is 33.2 Å². The number of amides is 2. The van der Waals surface area contributed by atoms with Gasteiger partial charge in [0.1, 0.15) is 12.4 Å². The minimum Gasteiger partial charge on any atom is -0.478 e. The summed E-state index contributed by atoms with van der Waals surface area (Å²) in [6.07, 6.45) is 6.42. The molecule has 2 aromatic heterocycles. The largest absolute Gasteiger partial charge is 0.478 e. The molecule has 1 atom stereocenters. The number of tetrazole rings is 1. The van der Waals surface area contributed by atoms with E-state index in [4.69, 9.17) is 16.7 Å². The number of carbonyl (C=O) groups excluding carboxylic acids is 2. The summed E-state index contributed by atoms with van der Waals surface area (Å²) in [5.74, 6) is -1.92. The lowest BCUT2D eigenvalue weighted by molar-refractivity contribution is -0.135. The number of halogens is 1. The van der Waals surface area contributed by atoms with Crippen molar-refractivity contribution in [3.05, 3.63) is 88.5 Å². The van der Waals surface area contributed by atoms with Gasteiger partial charge in [0, 0.05) is 46.6 Å². The second-order valence-electron chi connectivity index (χ2n) is 8.15. The van der Waals surface area contributed by atoms with Crippen molar-refractivity contribution in [2.75, 3.05) is 11.9 Å². The lowest BCUT2D eigenvalue weighted by atomic mass is 9.98. The summed E-state index contributed by atoms with van der Waals surface area (Å²) in [4.78, 5) is 39.3. The third-order valence-corrected chi connectivity index (χ3v) is 6.12. The Morgan fingerprint density at radius 1 is 1.16 bits per heavy atom. The predicted molar refractivity (Wildman–Crippen MR) is 132 cm³/mol. The first-order chi connectivity index (χ1) is 17.9. The molecule has 3 heterocycles. The number of carbonyl (C=O) groups is 3. The maximum atomic E-state index is 13.4. The van der Waals surface area contributed by atoms with E-state index < -0.39 is 23.8 Å². The summed E-state index contributed by atoms with van der Waals surface area (Å²) in [5.41, 5.74) is 3.08. The van der Waals surface area contributed by atoms with E-state index in [1.165, 1.54) is 52.4 Å². The fourth-order valence-corrected chi connectivity index (χ4v) is 4.29. The molecule has 1 aliphatic heterocycles. The second kappa shape index (κ2) is 10.0. The average Bonchev–Trinajstić information content (AvgIpc) is 3.59. The lowest BCUT2D eigenvalue weighted by Gasteiger charge is -2.33. The minimum atomic E-state index is -1.07. The molecule has 0 spiro atoms. The zero-order valence-electron chi connectivity index (χ0n) is 19.1. The number of rotatable bonds is 6. The summed E-state index contributed by atoms with van der Waals surface area (Å²) in [6.45, 7) is 0.282. The number of nitrogens with zero attached hydrogens (tertiary/aromatic N) is 6. The van der Waals surface area contributed by atoms with Gasteiger partial charge >= 0.3 is 5.97 Å². The molecule has 4 aromatic rings. The Kier molecular flexibility index (Phi) is 6.47. The van der Waals surface area contributed by atoms with E-state index in [1.54, 1.807) is 24.3 Å². The Labute approximate surface area is 214 Å². The van der Waals surface area contributed by atoms with Crippen molar-refractivity contribution in [2.45, 2.75) is 12.5 Å². The second-order valence-corrected chi connectivity index (χ2v) is 8.59. The van der Waals surface area contributed by atoms with Crippen LogP contribution in [-0.4, -0.2) is 64.7 Å². The van der Waals surface area contributed by atoms with Crippen LogP contribution in [0.5, 0.6) is 0 Å². The number of aromatic nitrogens is 6. The Morgan fingerprint density at radius 2 is 1.97 bits per heavy atom. The van der Waals surface area contributed by atoms with Crippen LogP contribution in [0.4, 0.5) is 5.69 Å². The van der Waals surface area contributed by atoms with E-state index in [0.717, 1.165) is 5.69 Å². The fraction of sp³-hybridized carbons (Fsp3) is 0.125. The first kappa shape index (κ1) is 23.9. The molecule has 0 saturated carbocycles. The van der Waals surface area contributed by atoms with Gasteiger partial charge < -0.3 is 15.3 Å². The molecule has 0 saturated heterocycles. The van der Waals surface area contributed by atoms with Crippen molar-refractivity contribution in [1.82, 2.24) is 35.3 Å². The standard InChI is InChI=1S/C24H19ClN8O4/c25-16-4-7-20(33-13-27-30-31-33)15(11-16)3-8-21(34)32-10-9-19-18(12-26-29-19)22(32)23(35)28-17-5-1-14(2-6-17)24(36)37/h1-8,11-13,22H,9-10H2,(H,26,29)(H,28,35)(H,36,37)/b8-3+. The van der Waals surface area contributed by atoms with E-state index >= 15 is 0 Å². The van der Waals surface area contributed by atoms with Gasteiger partial charge in [0.2, 0.25) is 5.91 Å². The third-order valence-electron chi connectivity index (χ3n) is 5.88. The van der Waals surface area contributed by atoms with Crippen molar-refractivity contribution >= 4 is 41.1 Å². The number of carboxylic acid groups (broad SMARTS) is 1. The van der Waals surface area contributed by atoms with E-state index in [2.05, 4.69) is 31.0 Å². The Hall–Kier alpha value is -4.84. The highest BCUT2D eigenvalue weighted by molar-refractivity contribution is 6.30. The van der Waals surface area contributed by atoms with Crippen molar-refractivity contribution in [2.24, 2.45) is 0 Å². The molecule has 5 rings (SSSR count). The highest BCUT2D eigenvalue weighted by Gasteiger charge is 2.36. The first-order valence-electron chi connectivity index (χ1n) is 11.1. The Morgan fingerprint density at radius 3 is 2.70 bits per heavy atom. The summed E-state index contributed by atoms with van der Waals surface area (Å²) in [7, 11) is 0. The maximum Gasteiger partial charge on any atom is 0.335 e. The predicted octanol–water partition coefficient (Wildman–Crippen LogP) is 2.51. The molecule has 37 heavy (non-hydrogen) atoms. The van der Waals surface area contributed by atoms with Crippen molar-refractivity contribution in [3.63, 3.8) is 0 Å². The van der Waals surface area contributed by atoms with Crippen LogP contribution < -0.4 is 5.32 Å². The highest BCUT2D eigenvalue weighted by Crippen LogP contribution is 2.30. The molecular weight excluding hydrogens is 500 g/mol. The molecule has 186 valence electrons. The number of anilines is 1. The number of aromatic carboxylic acids is 1. The number of aromatic amines is 1. The van der Waals surface area contributed by atoms with E-state index in [0.29, 0.717) is 33.9 Å². The third kappa shape index (κ3) is 4.95. The van der Waals surface area contributed by atoms with Crippen LogP contribution >= 0.6 is 11.6 Å². The van der Waals surface area contributed by atoms with Gasteiger partial charge in [0.15, 0.2) is 0 Å². The topological polar surface area (TPSA) is 159 Å². The van der Waals surface area contributed by atoms with Crippen molar-refractivity contribution < 1.29 is 19.5 Å². The summed E-state index contributed by atoms with van der Waals surface area (Å²) in [6, 6.07) is 9.91. The van der Waals surface area contributed by atoms with Crippen LogP contribution in [0.25, 0.3) is 11.8 Å². The zero-order chi connectivity index (χ0) is 25.9. The highest BCUT2D eigenvalue weighted by atomic mass is 35.5. The normalized spacial score (nSPS) is 14.9. The lowest BCUT2D eigenvalue weighted by Crippen LogP contribution is -2.44. The van der Waals surface area contributed by atoms with E-state index in [-0.39, 0.29) is 12.1 Å². The fourth-order valence-electron chi connectivity index (χ4n) is 4.11. The summed E-state index contributed by atoms with van der Waals surface area (Å²) >= 11 is 6.17. The molecule has 1 aliphatic rings. The molecule has 0 fully saturated rings. The monoisotopic (exact) mass is 518 g/mol. The molecule has 12 nitrogen and oxygen atoms in total. The van der Waals surface area contributed by atoms with Gasteiger partial charge in [-0.3, -0.25) is 14.7 Å². The number of fused-ring (bicyclic) bond motifs is 1. The number of nitrogens with one attached hydrogen (secondary N) is 2. The molecular formula is C24H19ClN8O4. The number of hydrogen-bond donors (Lipinski definition) is 3. The minimum absolute atomic E-state index is 0.0942. The van der Waals surface area contributed by atoms with Crippen LogP contribution in [0.15, 0.2) is 61.1 Å². The molecule has 0 aliphatic carbocycles. The average molecular weight is 519 g/mol. The molecule has 0 radical (unpaired) electrons. The van der Waals surface area contributed by atoms with Crippen LogP contribution in [0, 0.1) is 0 Å². The summed E-state index contributed by atoms with van der Waals surface area (Å²) < 4.78 is 1.45. The molecule has 2 amide bonds. The zero-order valence-corrected chi connectivity index (χ0v) is 19.8. The quantitative estimate of drug-likeness (QED) is 0.328. The molecule has 0 bridgehead atoms. The molecule has 1 unspecified atom stereocenters. The molecule has 2 aromatic carbocycles. The number of benzene rings is 2. The van der Waals surface area contributed by atoms with Crippen LogP contribution in [0.2, 0.25) is 5.02 Å². The SMILES string of the molecule is O=C(O)c1ccc(NC(=O)C2c3cn[nH]c3CCN2C(=O)/C=C/c2cc(Cl)ccc2-n2cnnn2)cc1. The van der Waals surface area contributed by atoms with Gasteiger partial charge in [-0.25, -0.2) is 4.79 Å². The van der Waals surface area contributed by atoms with Gasteiger partial charge in [-0.2, -0.15) is 9.78 Å². The van der Waals surface area contributed by atoms with Gasteiger partial charge in [-0.05, 0) is 59.0 Å². The number of H-pyrrole nitrogens is 1. The van der Waals surface area contributed by atoms with Gasteiger partial charge in [-0.15, -0.1) is 5.10 Å². The van der Waals surface area contributed by atoms with E-state index in [1.807, 2.05) is 0 Å². The van der Waals surface area contributed by atoms with Crippen LogP contribution in [-0.2, 0) is 16.0 Å². The van der Waals surface area contributed by atoms with Crippen molar-refractivity contribution in [1.29, 1.82) is 0 Å². The van der Waals surface area contributed by atoms with Gasteiger partial charge in [0.05, 0.1) is 17.4 Å². The number of hydrogen-bond acceptors (Lipinski definition) is 7. The van der Waals surface area contributed by atoms with Crippen molar-refractivity contribution in [3.8, 4) is 5.69 Å².